The molecule has 0 amide bonds. The summed E-state index contributed by atoms with van der Waals surface area (Å²) in [6.07, 6.45) is 1.87. The van der Waals surface area contributed by atoms with Gasteiger partial charge in [-0.25, -0.2) is 0 Å². The lowest BCUT2D eigenvalue weighted by Crippen LogP contribution is -2.08. The van der Waals surface area contributed by atoms with Gasteiger partial charge in [-0.1, -0.05) is 59.8 Å². The summed E-state index contributed by atoms with van der Waals surface area (Å²) in [5.74, 6) is 0.0533. The summed E-state index contributed by atoms with van der Waals surface area (Å²) < 4.78 is 0. The summed E-state index contributed by atoms with van der Waals surface area (Å²) in [5, 5.41) is 0. The Balaban J connectivity index is 2.28. The number of thioether (sulfide) groups is 1. The number of benzene rings is 2. The molecule has 0 fully saturated rings. The van der Waals surface area contributed by atoms with Crippen LogP contribution in [-0.4, -0.2) is 24.8 Å². The predicted molar refractivity (Wildman–Crippen MR) is 89.6 cm³/mol. The molecule has 0 aliphatic rings. The minimum Gasteiger partial charge on any atom is -0.382 e. The second kappa shape index (κ2) is 7.14. The first kappa shape index (κ1) is 15.4. The van der Waals surface area contributed by atoms with Crippen molar-refractivity contribution < 1.29 is 4.79 Å². The van der Waals surface area contributed by atoms with E-state index in [2.05, 4.69) is 0 Å². The van der Waals surface area contributed by atoms with Crippen molar-refractivity contribution in [1.82, 2.24) is 4.90 Å². The molecule has 0 aliphatic carbocycles. The van der Waals surface area contributed by atoms with Gasteiger partial charge in [0.2, 0.25) is 5.78 Å². The molecule has 21 heavy (non-hydrogen) atoms. The standard InChI is InChI=1S/C18H19NOS/c1-14-9-11-15(12-10-14)18(20)17(13-19(2)3)21-16-7-5-4-6-8-16/h4-13H,1-3H3/b17-13-. The second-order valence-corrected chi connectivity index (χ2v) is 6.18. The smallest absolute Gasteiger partial charge is 0.201 e. The van der Waals surface area contributed by atoms with Crippen LogP contribution in [0.1, 0.15) is 15.9 Å². The number of allylic oxidation sites excluding steroid dienone is 1. The highest BCUT2D eigenvalue weighted by atomic mass is 32.2. The summed E-state index contributed by atoms with van der Waals surface area (Å²) >= 11 is 1.49. The zero-order valence-corrected chi connectivity index (χ0v) is 13.4. The topological polar surface area (TPSA) is 20.3 Å². The molecule has 0 atom stereocenters. The van der Waals surface area contributed by atoms with E-state index in [1.54, 1.807) is 0 Å². The number of carbonyl (C=O) groups excluding carboxylic acids is 1. The van der Waals surface area contributed by atoms with Gasteiger partial charge in [-0.3, -0.25) is 4.79 Å². The van der Waals surface area contributed by atoms with Crippen molar-refractivity contribution in [2.45, 2.75) is 11.8 Å². The Morgan fingerprint density at radius 1 is 1.00 bits per heavy atom. The Morgan fingerprint density at radius 2 is 1.62 bits per heavy atom. The van der Waals surface area contributed by atoms with Crippen molar-refractivity contribution in [3.05, 3.63) is 76.8 Å². The van der Waals surface area contributed by atoms with Gasteiger partial charge in [0.15, 0.2) is 0 Å². The van der Waals surface area contributed by atoms with E-state index in [1.165, 1.54) is 11.8 Å². The summed E-state index contributed by atoms with van der Waals surface area (Å²) in [6.45, 7) is 2.02. The largest absolute Gasteiger partial charge is 0.382 e. The van der Waals surface area contributed by atoms with Crippen molar-refractivity contribution in [2.24, 2.45) is 0 Å². The molecular formula is C18H19NOS. The third kappa shape index (κ3) is 4.50. The summed E-state index contributed by atoms with van der Waals surface area (Å²) in [7, 11) is 3.85. The first-order valence-corrected chi connectivity index (χ1v) is 7.60. The molecule has 0 heterocycles. The molecule has 0 saturated heterocycles. The molecule has 2 aromatic carbocycles. The summed E-state index contributed by atoms with van der Waals surface area (Å²) in [6, 6.07) is 17.6. The van der Waals surface area contributed by atoms with Gasteiger partial charge in [-0.15, -0.1) is 0 Å². The van der Waals surface area contributed by atoms with Crippen LogP contribution in [0.3, 0.4) is 0 Å². The minimum absolute atomic E-state index is 0.0533. The number of hydrogen-bond donors (Lipinski definition) is 0. The molecule has 3 heteroatoms. The molecule has 108 valence electrons. The molecular weight excluding hydrogens is 278 g/mol. The fraction of sp³-hybridized carbons (Fsp3) is 0.167. The lowest BCUT2D eigenvalue weighted by Gasteiger charge is -2.11. The number of nitrogens with zero attached hydrogens (tertiary/aromatic N) is 1. The van der Waals surface area contributed by atoms with E-state index < -0.39 is 0 Å². The van der Waals surface area contributed by atoms with Crippen molar-refractivity contribution in [2.75, 3.05) is 14.1 Å². The number of rotatable bonds is 5. The fourth-order valence-corrected chi connectivity index (χ4v) is 2.85. The highest BCUT2D eigenvalue weighted by Crippen LogP contribution is 2.29. The predicted octanol–water partition coefficient (Wildman–Crippen LogP) is 4.37. The molecule has 0 radical (unpaired) electrons. The number of ketones is 1. The molecule has 0 saturated carbocycles. The van der Waals surface area contributed by atoms with Crippen LogP contribution in [0.4, 0.5) is 0 Å². The Labute approximate surface area is 130 Å². The number of hydrogen-bond acceptors (Lipinski definition) is 3. The van der Waals surface area contributed by atoms with Crippen LogP contribution >= 0.6 is 11.8 Å². The molecule has 0 bridgehead atoms. The van der Waals surface area contributed by atoms with Gasteiger partial charge in [0, 0.05) is 30.8 Å². The van der Waals surface area contributed by atoms with Crippen molar-refractivity contribution in [3.8, 4) is 0 Å². The van der Waals surface area contributed by atoms with Crippen LogP contribution in [0, 0.1) is 6.92 Å². The lowest BCUT2D eigenvalue weighted by atomic mass is 10.1. The minimum atomic E-state index is 0.0533. The molecule has 2 rings (SSSR count). The van der Waals surface area contributed by atoms with Crippen LogP contribution in [0.2, 0.25) is 0 Å². The van der Waals surface area contributed by atoms with Crippen LogP contribution in [-0.2, 0) is 0 Å². The van der Waals surface area contributed by atoms with Crippen LogP contribution in [0.5, 0.6) is 0 Å². The van der Waals surface area contributed by atoms with Crippen molar-refractivity contribution >= 4 is 17.5 Å². The van der Waals surface area contributed by atoms with Gasteiger partial charge in [0.1, 0.15) is 0 Å². The van der Waals surface area contributed by atoms with Crippen LogP contribution in [0.25, 0.3) is 0 Å². The Kier molecular flexibility index (Phi) is 5.23. The van der Waals surface area contributed by atoms with Gasteiger partial charge in [0.25, 0.3) is 0 Å². The van der Waals surface area contributed by atoms with Crippen molar-refractivity contribution in [3.63, 3.8) is 0 Å². The van der Waals surface area contributed by atoms with Gasteiger partial charge in [0.05, 0.1) is 4.91 Å². The maximum absolute atomic E-state index is 12.7. The number of carbonyl (C=O) groups is 1. The van der Waals surface area contributed by atoms with E-state index >= 15 is 0 Å². The zero-order chi connectivity index (χ0) is 15.2. The molecule has 2 aromatic rings. The summed E-state index contributed by atoms with van der Waals surface area (Å²) in [5.41, 5.74) is 1.87. The average molecular weight is 297 g/mol. The number of aryl methyl sites for hydroxylation is 1. The molecule has 0 aliphatic heterocycles. The average Bonchev–Trinajstić information content (AvgIpc) is 2.47. The van der Waals surface area contributed by atoms with Gasteiger partial charge in [-0.2, -0.15) is 0 Å². The zero-order valence-electron chi connectivity index (χ0n) is 12.5. The van der Waals surface area contributed by atoms with Crippen LogP contribution in [0.15, 0.2) is 70.6 Å². The van der Waals surface area contributed by atoms with Crippen LogP contribution < -0.4 is 0 Å². The van der Waals surface area contributed by atoms with E-state index in [0.29, 0.717) is 0 Å². The maximum atomic E-state index is 12.7. The maximum Gasteiger partial charge on any atom is 0.201 e. The lowest BCUT2D eigenvalue weighted by molar-refractivity contribution is 0.104. The molecule has 0 unspecified atom stereocenters. The third-order valence-corrected chi connectivity index (χ3v) is 3.90. The Hall–Kier alpha value is -2.00. The van der Waals surface area contributed by atoms with E-state index in [0.717, 1.165) is 20.9 Å². The molecule has 2 nitrogen and oxygen atoms in total. The SMILES string of the molecule is Cc1ccc(C(=O)/C(=C/N(C)C)Sc2ccccc2)cc1. The van der Waals surface area contributed by atoms with E-state index in [4.69, 9.17) is 0 Å². The second-order valence-electron chi connectivity index (χ2n) is 5.07. The highest BCUT2D eigenvalue weighted by Gasteiger charge is 2.14. The normalized spacial score (nSPS) is 11.3. The molecule has 0 aromatic heterocycles. The monoisotopic (exact) mass is 297 g/mol. The Bertz CT molecular complexity index is 630. The Morgan fingerprint density at radius 3 is 2.19 bits per heavy atom. The fourth-order valence-electron chi connectivity index (χ4n) is 1.83. The van der Waals surface area contributed by atoms with E-state index in [-0.39, 0.29) is 5.78 Å². The van der Waals surface area contributed by atoms with Gasteiger partial charge in [-0.05, 0) is 19.1 Å². The van der Waals surface area contributed by atoms with E-state index in [9.17, 15) is 4.79 Å². The van der Waals surface area contributed by atoms with E-state index in [1.807, 2.05) is 86.7 Å². The van der Waals surface area contributed by atoms with Crippen molar-refractivity contribution in [1.29, 1.82) is 0 Å². The first-order chi connectivity index (χ1) is 10.1. The molecule has 0 N–H and O–H groups in total. The quantitative estimate of drug-likeness (QED) is 0.464. The molecule has 0 spiro atoms. The third-order valence-electron chi connectivity index (χ3n) is 2.88. The van der Waals surface area contributed by atoms with Gasteiger partial charge >= 0.3 is 0 Å². The first-order valence-electron chi connectivity index (χ1n) is 6.79. The summed E-state index contributed by atoms with van der Waals surface area (Å²) in [4.78, 5) is 16.4. The highest BCUT2D eigenvalue weighted by molar-refractivity contribution is 8.04. The van der Waals surface area contributed by atoms with Gasteiger partial charge < -0.3 is 4.90 Å². The number of Topliss-reactive ketones (excluding diaryl/α,β-unsaturated/α-hetero) is 1.